The molecular formula is C26H29BrFN3O2. The van der Waals surface area contributed by atoms with E-state index in [2.05, 4.69) is 26.2 Å². The lowest BCUT2D eigenvalue weighted by atomic mass is 9.54. The Morgan fingerprint density at radius 3 is 2.70 bits per heavy atom. The Morgan fingerprint density at radius 1 is 1.36 bits per heavy atom. The van der Waals surface area contributed by atoms with Crippen LogP contribution in [0.15, 0.2) is 39.7 Å². The SMILES string of the molecule is C\C=C(Br)/C=c1/cc(C(=O)NC2CC3(CCC3)C2)c(=O)n(Cc2ccc(F)cn2)/c1=C\CC. The highest BCUT2D eigenvalue weighted by atomic mass is 79.9. The summed E-state index contributed by atoms with van der Waals surface area (Å²) in [5.41, 5.74) is 0.721. The molecule has 1 N–H and O–H groups in total. The predicted octanol–water partition coefficient (Wildman–Crippen LogP) is 3.76. The van der Waals surface area contributed by atoms with Crippen molar-refractivity contribution in [2.75, 3.05) is 0 Å². The highest BCUT2D eigenvalue weighted by Crippen LogP contribution is 2.55. The minimum atomic E-state index is -0.435. The molecule has 2 aromatic rings. The van der Waals surface area contributed by atoms with Gasteiger partial charge in [-0.25, -0.2) is 4.39 Å². The van der Waals surface area contributed by atoms with Crippen molar-refractivity contribution < 1.29 is 9.18 Å². The summed E-state index contributed by atoms with van der Waals surface area (Å²) in [4.78, 5) is 30.8. The Hall–Kier alpha value is -2.54. The van der Waals surface area contributed by atoms with E-state index >= 15 is 0 Å². The summed E-state index contributed by atoms with van der Waals surface area (Å²) in [6.45, 7) is 4.04. The van der Waals surface area contributed by atoms with Crippen LogP contribution in [0.1, 0.15) is 68.4 Å². The monoisotopic (exact) mass is 513 g/mol. The highest BCUT2D eigenvalue weighted by molar-refractivity contribution is 9.12. The lowest BCUT2D eigenvalue weighted by molar-refractivity contribution is -0.000656. The van der Waals surface area contributed by atoms with Crippen molar-refractivity contribution in [3.63, 3.8) is 0 Å². The molecule has 0 aliphatic heterocycles. The van der Waals surface area contributed by atoms with Gasteiger partial charge in [0.25, 0.3) is 11.5 Å². The maximum atomic E-state index is 13.5. The normalized spacial score (nSPS) is 18.8. The van der Waals surface area contributed by atoms with E-state index in [0.717, 1.165) is 28.7 Å². The molecule has 2 aliphatic rings. The number of hydrogen-bond acceptors (Lipinski definition) is 3. The fraction of sp³-hybridized carbons (Fsp3) is 0.423. The summed E-state index contributed by atoms with van der Waals surface area (Å²) in [7, 11) is 0. The van der Waals surface area contributed by atoms with Crippen LogP contribution in [0.4, 0.5) is 4.39 Å². The number of allylic oxidation sites excluding steroid dienone is 2. The molecule has 0 aromatic carbocycles. The molecule has 7 heteroatoms. The number of aromatic nitrogens is 2. The number of nitrogens with zero attached hydrogens (tertiary/aromatic N) is 2. The van der Waals surface area contributed by atoms with Gasteiger partial charge in [0.05, 0.1) is 18.4 Å². The molecule has 2 aliphatic carbocycles. The summed E-state index contributed by atoms with van der Waals surface area (Å²) in [5.74, 6) is -0.773. The summed E-state index contributed by atoms with van der Waals surface area (Å²) < 4.78 is 15.8. The van der Waals surface area contributed by atoms with Crippen LogP contribution in [-0.2, 0) is 6.54 Å². The average molecular weight is 514 g/mol. The van der Waals surface area contributed by atoms with Crippen LogP contribution in [-0.4, -0.2) is 21.5 Å². The molecule has 174 valence electrons. The first-order valence-corrected chi connectivity index (χ1v) is 12.3. The number of amides is 1. The fourth-order valence-electron chi connectivity index (χ4n) is 4.89. The highest BCUT2D eigenvalue weighted by Gasteiger charge is 2.48. The Labute approximate surface area is 201 Å². The molecule has 0 radical (unpaired) electrons. The van der Waals surface area contributed by atoms with E-state index in [9.17, 15) is 14.0 Å². The van der Waals surface area contributed by atoms with Crippen LogP contribution >= 0.6 is 15.9 Å². The second kappa shape index (κ2) is 9.75. The third-order valence-electron chi connectivity index (χ3n) is 6.79. The van der Waals surface area contributed by atoms with E-state index in [4.69, 9.17) is 0 Å². The lowest BCUT2D eigenvalue weighted by Crippen LogP contribution is -2.55. The molecule has 2 aromatic heterocycles. The van der Waals surface area contributed by atoms with Crippen molar-refractivity contribution in [2.45, 2.75) is 65.0 Å². The zero-order valence-corrected chi connectivity index (χ0v) is 20.6. The summed E-state index contributed by atoms with van der Waals surface area (Å²) in [6, 6.07) is 4.68. The zero-order valence-electron chi connectivity index (χ0n) is 19.0. The van der Waals surface area contributed by atoms with E-state index < -0.39 is 5.82 Å². The minimum absolute atomic E-state index is 0.113. The first-order chi connectivity index (χ1) is 15.8. The van der Waals surface area contributed by atoms with Crippen LogP contribution in [0.25, 0.3) is 12.2 Å². The molecule has 0 atom stereocenters. The van der Waals surface area contributed by atoms with Gasteiger partial charge in [-0.05, 0) is 68.7 Å². The van der Waals surface area contributed by atoms with Crippen molar-refractivity contribution in [3.8, 4) is 0 Å². The molecule has 2 fully saturated rings. The third-order valence-corrected chi connectivity index (χ3v) is 7.48. The molecule has 0 unspecified atom stereocenters. The van der Waals surface area contributed by atoms with Gasteiger partial charge in [-0.2, -0.15) is 0 Å². The van der Waals surface area contributed by atoms with Gasteiger partial charge in [-0.1, -0.05) is 41.4 Å². The standard InChI is InChI=1S/C26H29BrFN3O2/c1-3-6-23-17(11-18(27)4-2)12-22(24(32)30-21-13-26(14-21)9-5-10-26)25(33)31(23)16-20-8-7-19(28)15-29-20/h4,6-8,11-12,15,21H,3,5,9-10,13-14,16H2,1-2H3,(H,30,32)/b17-11-,18-4+,23-6-. The molecular weight excluding hydrogens is 485 g/mol. The topological polar surface area (TPSA) is 64.0 Å². The lowest BCUT2D eigenvalue weighted by Gasteiger charge is -2.54. The van der Waals surface area contributed by atoms with E-state index in [1.165, 1.54) is 25.3 Å². The van der Waals surface area contributed by atoms with Gasteiger partial charge in [0.1, 0.15) is 11.4 Å². The van der Waals surface area contributed by atoms with Crippen molar-refractivity contribution in [1.82, 2.24) is 14.9 Å². The minimum Gasteiger partial charge on any atom is -0.349 e. The smallest absolute Gasteiger partial charge is 0.264 e. The third kappa shape index (κ3) is 5.03. The molecule has 2 saturated carbocycles. The molecule has 0 saturated heterocycles. The first kappa shape index (κ1) is 23.6. The quantitative estimate of drug-likeness (QED) is 0.639. The Balaban J connectivity index is 1.77. The van der Waals surface area contributed by atoms with E-state index in [-0.39, 0.29) is 29.6 Å². The van der Waals surface area contributed by atoms with Gasteiger partial charge in [0, 0.05) is 21.1 Å². The second-order valence-corrected chi connectivity index (χ2v) is 10.0. The molecule has 5 nitrogen and oxygen atoms in total. The predicted molar refractivity (Wildman–Crippen MR) is 132 cm³/mol. The number of halogens is 2. The molecule has 2 heterocycles. The number of nitrogens with one attached hydrogen (secondary N) is 1. The number of hydrogen-bond donors (Lipinski definition) is 1. The van der Waals surface area contributed by atoms with E-state index in [0.29, 0.717) is 22.9 Å². The fourth-order valence-corrected chi connectivity index (χ4v) is 5.13. The Bertz CT molecular complexity index is 1250. The van der Waals surface area contributed by atoms with Crippen LogP contribution in [0, 0.1) is 11.2 Å². The number of pyridine rings is 2. The van der Waals surface area contributed by atoms with Gasteiger partial charge >= 0.3 is 0 Å². The van der Waals surface area contributed by atoms with Crippen LogP contribution in [0.2, 0.25) is 0 Å². The Morgan fingerprint density at radius 2 is 2.12 bits per heavy atom. The van der Waals surface area contributed by atoms with Crippen LogP contribution < -0.4 is 21.4 Å². The van der Waals surface area contributed by atoms with Gasteiger partial charge < -0.3 is 9.88 Å². The van der Waals surface area contributed by atoms with Gasteiger partial charge in [-0.15, -0.1) is 0 Å². The van der Waals surface area contributed by atoms with Crippen LogP contribution in [0.5, 0.6) is 0 Å². The van der Waals surface area contributed by atoms with Crippen molar-refractivity contribution in [1.29, 1.82) is 0 Å². The first-order valence-electron chi connectivity index (χ1n) is 11.5. The number of carbonyl (C=O) groups is 1. The Kier molecular flexibility index (Phi) is 6.98. The van der Waals surface area contributed by atoms with Gasteiger partial charge in [0.2, 0.25) is 0 Å². The van der Waals surface area contributed by atoms with E-state index in [1.54, 1.807) is 16.7 Å². The number of rotatable bonds is 6. The molecule has 1 amide bonds. The largest absolute Gasteiger partial charge is 0.349 e. The van der Waals surface area contributed by atoms with Gasteiger partial charge in [-0.3, -0.25) is 14.6 Å². The molecule has 0 bridgehead atoms. The molecule has 33 heavy (non-hydrogen) atoms. The van der Waals surface area contributed by atoms with E-state index in [1.807, 2.05) is 32.1 Å². The van der Waals surface area contributed by atoms with Gasteiger partial charge in [0.15, 0.2) is 0 Å². The second-order valence-electron chi connectivity index (χ2n) is 9.12. The summed E-state index contributed by atoms with van der Waals surface area (Å²) >= 11 is 3.52. The van der Waals surface area contributed by atoms with Crippen molar-refractivity contribution in [2.24, 2.45) is 5.41 Å². The maximum Gasteiger partial charge on any atom is 0.264 e. The van der Waals surface area contributed by atoms with Crippen molar-refractivity contribution >= 4 is 34.0 Å². The maximum absolute atomic E-state index is 13.5. The van der Waals surface area contributed by atoms with Crippen molar-refractivity contribution in [3.05, 3.63) is 73.0 Å². The summed E-state index contributed by atoms with van der Waals surface area (Å²) in [5, 5.41) is 4.54. The molecule has 4 rings (SSSR count). The summed E-state index contributed by atoms with van der Waals surface area (Å²) in [6.07, 6.45) is 13.4. The average Bonchev–Trinajstić information content (AvgIpc) is 2.74. The number of carbonyl (C=O) groups excluding carboxylic acids is 1. The zero-order chi connectivity index (χ0) is 23.6. The van der Waals surface area contributed by atoms with Crippen LogP contribution in [0.3, 0.4) is 0 Å². The molecule has 1 spiro atoms.